The third-order valence-electron chi connectivity index (χ3n) is 2.45. The van der Waals surface area contributed by atoms with Gasteiger partial charge >= 0.3 is 0 Å². The predicted octanol–water partition coefficient (Wildman–Crippen LogP) is 5.50. The molecule has 0 radical (unpaired) electrons. The Morgan fingerprint density at radius 2 is 2.00 bits per heavy atom. The minimum Gasteiger partial charge on any atom is -0.144 e. The highest BCUT2D eigenvalue weighted by Gasteiger charge is 2.15. The highest BCUT2D eigenvalue weighted by Crippen LogP contribution is 2.38. The van der Waals surface area contributed by atoms with Crippen molar-refractivity contribution in [3.05, 3.63) is 56.2 Å². The van der Waals surface area contributed by atoms with E-state index in [1.165, 1.54) is 20.9 Å². The Kier molecular flexibility index (Phi) is 3.73. The molecule has 0 saturated heterocycles. The topological polar surface area (TPSA) is 0 Å². The van der Waals surface area contributed by atoms with Crippen molar-refractivity contribution in [1.29, 1.82) is 0 Å². The minimum absolute atomic E-state index is 0.241. The maximum absolute atomic E-state index is 6.00. The summed E-state index contributed by atoms with van der Waals surface area (Å²) in [5, 5.41) is 0.785. The van der Waals surface area contributed by atoms with Crippen molar-refractivity contribution in [2.75, 3.05) is 0 Å². The van der Waals surface area contributed by atoms with Gasteiger partial charge in [0.25, 0.3) is 0 Å². The molecule has 0 aliphatic heterocycles. The molecular formula is C13H12BrClS. The van der Waals surface area contributed by atoms with Crippen molar-refractivity contribution in [1.82, 2.24) is 0 Å². The number of aryl methyl sites for hydroxylation is 2. The quantitative estimate of drug-likeness (QED) is 0.642. The molecule has 0 nitrogen and oxygen atoms in total. The molecular weight excluding hydrogens is 304 g/mol. The van der Waals surface area contributed by atoms with Crippen molar-refractivity contribution in [2.24, 2.45) is 0 Å². The molecule has 0 N–H and O–H groups in total. The summed E-state index contributed by atoms with van der Waals surface area (Å²) in [5.41, 5.74) is 2.54. The van der Waals surface area contributed by atoms with Gasteiger partial charge < -0.3 is 0 Å². The van der Waals surface area contributed by atoms with Crippen LogP contribution in [-0.2, 0) is 0 Å². The van der Waals surface area contributed by atoms with Crippen molar-refractivity contribution >= 4 is 38.9 Å². The van der Waals surface area contributed by atoms with Gasteiger partial charge in [0, 0.05) is 14.8 Å². The van der Waals surface area contributed by atoms with E-state index < -0.39 is 0 Å². The van der Waals surface area contributed by atoms with Gasteiger partial charge in [-0.15, -0.1) is 11.3 Å². The number of thiophene rings is 1. The van der Waals surface area contributed by atoms with E-state index in [-0.39, 0.29) is 4.83 Å². The van der Waals surface area contributed by atoms with Crippen LogP contribution in [0.2, 0.25) is 5.02 Å². The van der Waals surface area contributed by atoms with Crippen molar-refractivity contribution in [3.8, 4) is 0 Å². The first-order chi connectivity index (χ1) is 7.58. The number of rotatable bonds is 2. The Bertz CT molecular complexity index is 504. The third kappa shape index (κ3) is 2.50. The average Bonchev–Trinajstić information content (AvgIpc) is 2.57. The van der Waals surface area contributed by atoms with E-state index in [1.807, 2.05) is 29.5 Å². The van der Waals surface area contributed by atoms with E-state index in [2.05, 4.69) is 41.9 Å². The molecule has 0 amide bonds. The van der Waals surface area contributed by atoms with Gasteiger partial charge in [0.15, 0.2) is 0 Å². The molecule has 0 saturated carbocycles. The Labute approximate surface area is 113 Å². The summed E-state index contributed by atoms with van der Waals surface area (Å²) in [4.78, 5) is 2.95. The lowest BCUT2D eigenvalue weighted by Gasteiger charge is -2.09. The lowest BCUT2D eigenvalue weighted by molar-refractivity contribution is 1.19. The first-order valence-corrected chi connectivity index (χ1v) is 7.15. The number of halogens is 2. The van der Waals surface area contributed by atoms with E-state index in [4.69, 9.17) is 11.6 Å². The molecule has 1 unspecified atom stereocenters. The molecule has 1 atom stereocenters. The lowest BCUT2D eigenvalue weighted by Crippen LogP contribution is -1.91. The molecule has 3 heteroatoms. The largest absolute Gasteiger partial charge is 0.144 e. The van der Waals surface area contributed by atoms with E-state index in [0.29, 0.717) is 0 Å². The highest BCUT2D eigenvalue weighted by molar-refractivity contribution is 9.09. The molecule has 84 valence electrons. The normalized spacial score (nSPS) is 12.8. The van der Waals surface area contributed by atoms with Crippen LogP contribution in [0.1, 0.15) is 25.7 Å². The van der Waals surface area contributed by atoms with E-state index >= 15 is 0 Å². The average molecular weight is 316 g/mol. The molecule has 2 rings (SSSR count). The Balaban J connectivity index is 2.38. The third-order valence-corrected chi connectivity index (χ3v) is 5.19. The van der Waals surface area contributed by atoms with Gasteiger partial charge in [0.05, 0.1) is 4.83 Å². The number of hydrogen-bond donors (Lipinski definition) is 0. The second-order valence-corrected chi connectivity index (χ2v) is 6.46. The predicted molar refractivity (Wildman–Crippen MR) is 76.0 cm³/mol. The van der Waals surface area contributed by atoms with E-state index in [9.17, 15) is 0 Å². The van der Waals surface area contributed by atoms with Crippen molar-refractivity contribution < 1.29 is 0 Å². The SMILES string of the molecule is Cc1cc(C)c(C(Br)c2cccc(Cl)c2)s1. The highest BCUT2D eigenvalue weighted by atomic mass is 79.9. The molecule has 0 aliphatic carbocycles. The Hall–Kier alpha value is -0.310. The van der Waals surface area contributed by atoms with Crippen LogP contribution in [0, 0.1) is 13.8 Å². The molecule has 0 fully saturated rings. The number of hydrogen-bond acceptors (Lipinski definition) is 1. The van der Waals surface area contributed by atoms with E-state index in [0.717, 1.165) is 5.02 Å². The molecule has 1 aromatic carbocycles. The smallest absolute Gasteiger partial charge is 0.0741 e. The van der Waals surface area contributed by atoms with Crippen LogP contribution in [0.5, 0.6) is 0 Å². The molecule has 16 heavy (non-hydrogen) atoms. The van der Waals surface area contributed by atoms with Gasteiger partial charge in [0.2, 0.25) is 0 Å². The fourth-order valence-corrected chi connectivity index (χ4v) is 3.89. The maximum Gasteiger partial charge on any atom is 0.0741 e. The first-order valence-electron chi connectivity index (χ1n) is 5.04. The summed E-state index contributed by atoms with van der Waals surface area (Å²) in [7, 11) is 0. The zero-order valence-electron chi connectivity index (χ0n) is 9.13. The van der Waals surface area contributed by atoms with Crippen LogP contribution < -0.4 is 0 Å². The summed E-state index contributed by atoms with van der Waals surface area (Å²) < 4.78 is 0. The molecule has 1 aromatic heterocycles. The lowest BCUT2D eigenvalue weighted by atomic mass is 10.1. The van der Waals surface area contributed by atoms with Crippen LogP contribution in [0.3, 0.4) is 0 Å². The molecule has 2 aromatic rings. The fourth-order valence-electron chi connectivity index (χ4n) is 1.73. The van der Waals surface area contributed by atoms with Crippen LogP contribution in [0.4, 0.5) is 0 Å². The number of alkyl halides is 1. The van der Waals surface area contributed by atoms with E-state index in [1.54, 1.807) is 0 Å². The maximum atomic E-state index is 6.00. The Morgan fingerprint density at radius 3 is 2.56 bits per heavy atom. The molecule has 0 bridgehead atoms. The molecule has 1 heterocycles. The van der Waals surface area contributed by atoms with Gasteiger partial charge in [-0.1, -0.05) is 39.7 Å². The van der Waals surface area contributed by atoms with Crippen molar-refractivity contribution in [3.63, 3.8) is 0 Å². The van der Waals surface area contributed by atoms with Crippen LogP contribution >= 0.6 is 38.9 Å². The first kappa shape index (κ1) is 12.2. The minimum atomic E-state index is 0.241. The second-order valence-electron chi connectivity index (χ2n) is 3.82. The zero-order valence-corrected chi connectivity index (χ0v) is 12.3. The molecule has 0 spiro atoms. The summed E-state index contributed by atoms with van der Waals surface area (Å²) in [5.74, 6) is 0. The standard InChI is InChI=1S/C13H12BrClS/c1-8-6-9(2)16-13(8)12(14)10-4-3-5-11(15)7-10/h3-7,12H,1-2H3. The summed E-state index contributed by atoms with van der Waals surface area (Å²) in [6, 6.07) is 10.2. The summed E-state index contributed by atoms with van der Waals surface area (Å²) in [6.07, 6.45) is 0. The monoisotopic (exact) mass is 314 g/mol. The molecule has 0 aliphatic rings. The number of benzene rings is 1. The summed E-state index contributed by atoms with van der Waals surface area (Å²) >= 11 is 11.6. The Morgan fingerprint density at radius 1 is 1.25 bits per heavy atom. The van der Waals surface area contributed by atoms with Gasteiger partial charge in [-0.05, 0) is 43.2 Å². The van der Waals surface area contributed by atoms with Crippen LogP contribution in [0.25, 0.3) is 0 Å². The van der Waals surface area contributed by atoms with Gasteiger partial charge in [-0.3, -0.25) is 0 Å². The van der Waals surface area contributed by atoms with Crippen LogP contribution in [-0.4, -0.2) is 0 Å². The van der Waals surface area contributed by atoms with Crippen LogP contribution in [0.15, 0.2) is 30.3 Å². The fraction of sp³-hybridized carbons (Fsp3) is 0.231. The van der Waals surface area contributed by atoms with Crippen molar-refractivity contribution in [2.45, 2.75) is 18.7 Å². The zero-order chi connectivity index (χ0) is 11.7. The summed E-state index contributed by atoms with van der Waals surface area (Å²) in [6.45, 7) is 4.29. The second kappa shape index (κ2) is 4.91. The van der Waals surface area contributed by atoms with Gasteiger partial charge in [0.1, 0.15) is 0 Å². The van der Waals surface area contributed by atoms with Gasteiger partial charge in [-0.2, -0.15) is 0 Å². The van der Waals surface area contributed by atoms with Gasteiger partial charge in [-0.25, -0.2) is 0 Å².